The topological polar surface area (TPSA) is 110 Å². The molecule has 0 spiro atoms. The Bertz CT molecular complexity index is 1160. The summed E-state index contributed by atoms with van der Waals surface area (Å²) in [7, 11) is -3.63. The van der Waals surface area contributed by atoms with E-state index in [1.807, 2.05) is 0 Å². The number of aromatic nitrogens is 4. The number of benzene rings is 2. The van der Waals surface area contributed by atoms with Crippen LogP contribution in [0.3, 0.4) is 0 Å². The number of hydrogen-bond acceptors (Lipinski definition) is 6. The average molecular weight is 427 g/mol. The first-order chi connectivity index (χ1) is 14.4. The number of carbonyl (C=O) groups is 1. The monoisotopic (exact) mass is 426 g/mol. The summed E-state index contributed by atoms with van der Waals surface area (Å²) in [4.78, 5) is 13.0. The molecule has 0 unspecified atom stereocenters. The molecule has 3 aromatic rings. The highest BCUT2D eigenvalue weighted by Gasteiger charge is 2.28. The van der Waals surface area contributed by atoms with Crippen LogP contribution in [-0.4, -0.2) is 51.9 Å². The first-order valence-corrected chi connectivity index (χ1v) is 11.1. The molecule has 1 fully saturated rings. The quantitative estimate of drug-likeness (QED) is 0.671. The summed E-state index contributed by atoms with van der Waals surface area (Å²) < 4.78 is 29.2. The normalized spacial score (nSPS) is 15.1. The van der Waals surface area contributed by atoms with Crippen LogP contribution in [0.15, 0.2) is 53.7 Å². The van der Waals surface area contributed by atoms with Crippen molar-refractivity contribution in [2.75, 3.05) is 18.4 Å². The molecule has 4 rings (SSSR count). The molecule has 1 saturated heterocycles. The number of aryl methyl sites for hydroxylation is 1. The van der Waals surface area contributed by atoms with Gasteiger partial charge in [-0.3, -0.25) is 4.79 Å². The van der Waals surface area contributed by atoms with E-state index in [0.29, 0.717) is 30.0 Å². The molecule has 2 heterocycles. The number of sulfonamides is 1. The third-order valence-corrected chi connectivity index (χ3v) is 7.14. The van der Waals surface area contributed by atoms with Crippen LogP contribution in [-0.2, 0) is 10.0 Å². The second-order valence-electron chi connectivity index (χ2n) is 7.20. The fraction of sp³-hybridized carbons (Fsp3) is 0.300. The number of nitrogens with one attached hydrogen (secondary N) is 1. The number of hydrogen-bond donors (Lipinski definition) is 1. The molecule has 0 radical (unpaired) electrons. The van der Waals surface area contributed by atoms with Crippen LogP contribution in [0.25, 0.3) is 5.69 Å². The van der Waals surface area contributed by atoms with Crippen LogP contribution in [0, 0.1) is 6.92 Å². The fourth-order valence-corrected chi connectivity index (χ4v) is 5.24. The maximum Gasteiger partial charge on any atom is 0.255 e. The molecule has 0 bridgehead atoms. The van der Waals surface area contributed by atoms with Gasteiger partial charge in [-0.1, -0.05) is 18.6 Å². The first-order valence-electron chi connectivity index (χ1n) is 9.71. The van der Waals surface area contributed by atoms with Crippen molar-refractivity contribution in [1.82, 2.24) is 24.5 Å². The van der Waals surface area contributed by atoms with E-state index >= 15 is 0 Å². The lowest BCUT2D eigenvalue weighted by molar-refractivity contribution is 0.102. The van der Waals surface area contributed by atoms with Crippen molar-refractivity contribution < 1.29 is 13.2 Å². The van der Waals surface area contributed by atoms with Crippen molar-refractivity contribution in [3.63, 3.8) is 0 Å². The predicted molar refractivity (Wildman–Crippen MR) is 111 cm³/mol. The highest BCUT2D eigenvalue weighted by molar-refractivity contribution is 7.89. The molecule has 1 amide bonds. The van der Waals surface area contributed by atoms with Crippen LogP contribution in [0.2, 0.25) is 0 Å². The van der Waals surface area contributed by atoms with Crippen LogP contribution in [0.5, 0.6) is 0 Å². The Morgan fingerprint density at radius 1 is 1.07 bits per heavy atom. The van der Waals surface area contributed by atoms with Gasteiger partial charge in [-0.25, -0.2) is 13.1 Å². The SMILES string of the molecule is Cc1ccc(C(=O)Nc2cccc(-n3cnnn3)c2)cc1S(=O)(=O)N1CCCCC1. The van der Waals surface area contributed by atoms with Crippen LogP contribution in [0.1, 0.15) is 35.2 Å². The molecule has 2 aromatic carbocycles. The van der Waals surface area contributed by atoms with Gasteiger partial charge in [0.1, 0.15) is 6.33 Å². The maximum atomic E-state index is 13.1. The Morgan fingerprint density at radius 2 is 1.87 bits per heavy atom. The zero-order valence-corrected chi connectivity index (χ0v) is 17.3. The van der Waals surface area contributed by atoms with Crippen LogP contribution >= 0.6 is 0 Å². The number of nitrogens with zero attached hydrogens (tertiary/aromatic N) is 5. The molecule has 10 heteroatoms. The molecular formula is C20H22N6O3S. The van der Waals surface area contributed by atoms with Gasteiger partial charge < -0.3 is 5.32 Å². The summed E-state index contributed by atoms with van der Waals surface area (Å²) >= 11 is 0. The molecule has 9 nitrogen and oxygen atoms in total. The molecule has 1 aromatic heterocycles. The zero-order valence-electron chi connectivity index (χ0n) is 16.5. The zero-order chi connectivity index (χ0) is 21.1. The van der Waals surface area contributed by atoms with E-state index in [1.165, 1.54) is 21.4 Å². The van der Waals surface area contributed by atoms with Crippen molar-refractivity contribution in [3.8, 4) is 5.69 Å². The largest absolute Gasteiger partial charge is 0.322 e. The van der Waals surface area contributed by atoms with E-state index in [1.54, 1.807) is 43.3 Å². The van der Waals surface area contributed by atoms with E-state index in [9.17, 15) is 13.2 Å². The van der Waals surface area contributed by atoms with Crippen LogP contribution in [0.4, 0.5) is 5.69 Å². The number of rotatable bonds is 5. The Balaban J connectivity index is 1.58. The van der Waals surface area contributed by atoms with E-state index in [2.05, 4.69) is 20.8 Å². The van der Waals surface area contributed by atoms with Gasteiger partial charge in [0.15, 0.2) is 0 Å². The molecular weight excluding hydrogens is 404 g/mol. The third-order valence-electron chi connectivity index (χ3n) is 5.10. The molecule has 1 aliphatic rings. The van der Waals surface area contributed by atoms with Gasteiger partial charge in [0.2, 0.25) is 10.0 Å². The van der Waals surface area contributed by atoms with Gasteiger partial charge >= 0.3 is 0 Å². The van der Waals surface area contributed by atoms with Crippen molar-refractivity contribution in [3.05, 3.63) is 59.9 Å². The van der Waals surface area contributed by atoms with E-state index in [4.69, 9.17) is 0 Å². The minimum atomic E-state index is -3.63. The molecule has 30 heavy (non-hydrogen) atoms. The van der Waals surface area contributed by atoms with Crippen molar-refractivity contribution in [1.29, 1.82) is 0 Å². The second-order valence-corrected chi connectivity index (χ2v) is 9.11. The molecule has 0 atom stereocenters. The lowest BCUT2D eigenvalue weighted by Gasteiger charge is -2.26. The van der Waals surface area contributed by atoms with E-state index < -0.39 is 10.0 Å². The van der Waals surface area contributed by atoms with E-state index in [0.717, 1.165) is 19.3 Å². The Labute approximate surface area is 174 Å². The minimum Gasteiger partial charge on any atom is -0.322 e. The minimum absolute atomic E-state index is 0.180. The van der Waals surface area contributed by atoms with Crippen molar-refractivity contribution in [2.45, 2.75) is 31.1 Å². The second kappa shape index (κ2) is 8.33. The molecule has 1 aliphatic heterocycles. The van der Waals surface area contributed by atoms with Gasteiger partial charge in [0.05, 0.1) is 10.6 Å². The average Bonchev–Trinajstić information content (AvgIpc) is 3.30. The first kappa shape index (κ1) is 20.2. The number of tetrazole rings is 1. The predicted octanol–water partition coefficient (Wildman–Crippen LogP) is 2.40. The van der Waals surface area contributed by atoms with Gasteiger partial charge in [0, 0.05) is 24.3 Å². The number of piperidine rings is 1. The summed E-state index contributed by atoms with van der Waals surface area (Å²) in [5.74, 6) is -0.390. The van der Waals surface area contributed by atoms with Crippen molar-refractivity contribution in [2.24, 2.45) is 0 Å². The maximum absolute atomic E-state index is 13.1. The van der Waals surface area contributed by atoms with Gasteiger partial charge in [-0.2, -0.15) is 4.31 Å². The van der Waals surface area contributed by atoms with E-state index in [-0.39, 0.29) is 16.4 Å². The molecule has 1 N–H and O–H groups in total. The Hall–Kier alpha value is -3.11. The number of amides is 1. The molecule has 0 aliphatic carbocycles. The van der Waals surface area contributed by atoms with Gasteiger partial charge in [-0.15, -0.1) is 5.10 Å². The lowest BCUT2D eigenvalue weighted by atomic mass is 10.1. The molecule has 0 saturated carbocycles. The Morgan fingerprint density at radius 3 is 2.60 bits per heavy atom. The highest BCUT2D eigenvalue weighted by Crippen LogP contribution is 2.25. The summed E-state index contributed by atoms with van der Waals surface area (Å²) in [5.41, 5.74) is 2.14. The van der Waals surface area contributed by atoms with Crippen LogP contribution < -0.4 is 5.32 Å². The highest BCUT2D eigenvalue weighted by atomic mass is 32.2. The van der Waals surface area contributed by atoms with Gasteiger partial charge in [0.25, 0.3) is 5.91 Å². The smallest absolute Gasteiger partial charge is 0.255 e. The summed E-state index contributed by atoms with van der Waals surface area (Å²) in [6.45, 7) is 2.78. The summed E-state index contributed by atoms with van der Waals surface area (Å²) in [6.07, 6.45) is 4.21. The number of anilines is 1. The van der Waals surface area contributed by atoms with Gasteiger partial charge in [-0.05, 0) is 66.1 Å². The standard InChI is InChI=1S/C20H22N6O3S/c1-15-8-9-16(12-19(15)30(28,29)25-10-3-2-4-11-25)20(27)22-17-6-5-7-18(13-17)26-14-21-23-24-26/h5-9,12-14H,2-4,10-11H2,1H3,(H,22,27). The molecule has 156 valence electrons. The summed E-state index contributed by atoms with van der Waals surface area (Å²) in [6, 6.07) is 11.8. The fourth-order valence-electron chi connectivity index (χ4n) is 3.47. The number of carbonyl (C=O) groups excluding carboxylic acids is 1. The Kier molecular flexibility index (Phi) is 5.60. The third kappa shape index (κ3) is 4.10. The lowest BCUT2D eigenvalue weighted by Crippen LogP contribution is -2.36. The van der Waals surface area contributed by atoms with Crippen molar-refractivity contribution >= 4 is 21.6 Å². The summed E-state index contributed by atoms with van der Waals surface area (Å²) in [5, 5.41) is 13.8.